The molecule has 9 heteroatoms. The van der Waals surface area contributed by atoms with E-state index in [2.05, 4.69) is 32.3 Å². The molecule has 1 aliphatic heterocycles. The number of pyridine rings is 1. The summed E-state index contributed by atoms with van der Waals surface area (Å²) in [5.41, 5.74) is 3.48. The van der Waals surface area contributed by atoms with Crippen molar-refractivity contribution in [2.75, 3.05) is 4.90 Å². The lowest BCUT2D eigenvalue weighted by Crippen LogP contribution is -2.29. The number of furan rings is 1. The normalized spacial score (nSPS) is 17.6. The molecule has 0 saturated carbocycles. The summed E-state index contributed by atoms with van der Waals surface area (Å²) in [4.78, 5) is 17.4. The van der Waals surface area contributed by atoms with Gasteiger partial charge in [-0.3, -0.25) is 15.1 Å². The van der Waals surface area contributed by atoms with Crippen molar-refractivity contribution < 1.29 is 9.34 Å². The Morgan fingerprint density at radius 3 is 2.71 bits per heavy atom. The number of nitro groups is 1. The molecule has 170 valence electrons. The standard InChI is InChI=1S/C25H19BrN4O3S/c1-15-13-17(8-9-19(15)26)29-24(23(28-25(29)34)20-7-2-3-12-27-20)22-11-10-21(33-22)16-5-4-6-18(14-16)30(31)32/h2-14,23-24H,1H3,(H,28,34)/t23-,24+/m0/s1. The lowest BCUT2D eigenvalue weighted by atomic mass is 10.0. The van der Waals surface area contributed by atoms with Crippen LogP contribution in [0.5, 0.6) is 0 Å². The number of non-ortho nitro benzene ring substituents is 1. The Hall–Kier alpha value is -3.56. The van der Waals surface area contributed by atoms with Crippen molar-refractivity contribution in [3.05, 3.63) is 111 Å². The summed E-state index contributed by atoms with van der Waals surface area (Å²) in [6.07, 6.45) is 1.75. The molecule has 0 aliphatic carbocycles. The van der Waals surface area contributed by atoms with Gasteiger partial charge in [0.2, 0.25) is 0 Å². The first-order chi connectivity index (χ1) is 16.4. The second kappa shape index (κ2) is 9.00. The predicted molar refractivity (Wildman–Crippen MR) is 138 cm³/mol. The maximum atomic E-state index is 11.2. The zero-order valence-electron chi connectivity index (χ0n) is 18.0. The molecular formula is C25H19BrN4O3S. The van der Waals surface area contributed by atoms with E-state index < -0.39 is 4.92 Å². The number of thiocarbonyl (C=S) groups is 1. The van der Waals surface area contributed by atoms with Crippen molar-refractivity contribution in [1.29, 1.82) is 0 Å². The van der Waals surface area contributed by atoms with Crippen LogP contribution < -0.4 is 10.2 Å². The molecule has 0 unspecified atom stereocenters. The van der Waals surface area contributed by atoms with Crippen LogP contribution in [0.2, 0.25) is 0 Å². The Labute approximate surface area is 209 Å². The largest absolute Gasteiger partial charge is 0.459 e. The third kappa shape index (κ3) is 4.08. The molecular weight excluding hydrogens is 516 g/mol. The van der Waals surface area contributed by atoms with Crippen molar-refractivity contribution >= 4 is 44.6 Å². The highest BCUT2D eigenvalue weighted by Crippen LogP contribution is 2.43. The first-order valence-electron chi connectivity index (χ1n) is 10.5. The average Bonchev–Trinajstić information content (AvgIpc) is 3.46. The van der Waals surface area contributed by atoms with Crippen molar-refractivity contribution in [1.82, 2.24) is 10.3 Å². The minimum atomic E-state index is -0.415. The third-order valence-electron chi connectivity index (χ3n) is 5.78. The zero-order valence-corrected chi connectivity index (χ0v) is 20.4. The van der Waals surface area contributed by atoms with Gasteiger partial charge in [-0.2, -0.15) is 0 Å². The van der Waals surface area contributed by atoms with Gasteiger partial charge in [0.25, 0.3) is 5.69 Å². The SMILES string of the molecule is Cc1cc(N2C(=S)N[C@@H](c3ccccn3)[C@H]2c2ccc(-c3cccc([N+](=O)[O-])c3)o2)ccc1Br. The van der Waals surface area contributed by atoms with Crippen LogP contribution in [0.25, 0.3) is 11.3 Å². The smallest absolute Gasteiger partial charge is 0.270 e. The third-order valence-corrected chi connectivity index (χ3v) is 6.98. The average molecular weight is 535 g/mol. The van der Waals surface area contributed by atoms with E-state index in [-0.39, 0.29) is 17.8 Å². The topological polar surface area (TPSA) is 84.4 Å². The van der Waals surface area contributed by atoms with Gasteiger partial charge in [0, 0.05) is 34.1 Å². The maximum absolute atomic E-state index is 11.2. The summed E-state index contributed by atoms with van der Waals surface area (Å²) in [6.45, 7) is 2.03. The first kappa shape index (κ1) is 22.2. The highest BCUT2D eigenvalue weighted by molar-refractivity contribution is 9.10. The van der Waals surface area contributed by atoms with E-state index in [9.17, 15) is 10.1 Å². The van der Waals surface area contributed by atoms with Crippen LogP contribution in [-0.2, 0) is 0 Å². The van der Waals surface area contributed by atoms with Crippen LogP contribution in [0.15, 0.2) is 87.9 Å². The lowest BCUT2D eigenvalue weighted by Gasteiger charge is -2.26. The van der Waals surface area contributed by atoms with Gasteiger partial charge < -0.3 is 14.6 Å². The molecule has 1 aliphatic rings. The minimum Gasteiger partial charge on any atom is -0.459 e. The highest BCUT2D eigenvalue weighted by atomic mass is 79.9. The molecule has 5 rings (SSSR count). The zero-order chi connectivity index (χ0) is 23.8. The van der Waals surface area contributed by atoms with E-state index >= 15 is 0 Å². The summed E-state index contributed by atoms with van der Waals surface area (Å²) in [5, 5.41) is 15.2. The number of hydrogen-bond acceptors (Lipinski definition) is 5. The van der Waals surface area contributed by atoms with Gasteiger partial charge in [-0.25, -0.2) is 0 Å². The van der Waals surface area contributed by atoms with E-state index in [4.69, 9.17) is 16.6 Å². The number of halogens is 1. The molecule has 2 aromatic heterocycles. The van der Waals surface area contributed by atoms with Gasteiger partial charge >= 0.3 is 0 Å². The van der Waals surface area contributed by atoms with Crippen LogP contribution in [-0.4, -0.2) is 15.0 Å². The number of benzene rings is 2. The van der Waals surface area contributed by atoms with Crippen LogP contribution in [0, 0.1) is 17.0 Å². The molecule has 0 spiro atoms. The van der Waals surface area contributed by atoms with Gasteiger partial charge in [-0.05, 0) is 67.2 Å². The van der Waals surface area contributed by atoms with Crippen LogP contribution >= 0.6 is 28.1 Å². The molecule has 2 aromatic carbocycles. The van der Waals surface area contributed by atoms with Gasteiger partial charge in [0.05, 0.1) is 16.7 Å². The van der Waals surface area contributed by atoms with E-state index in [0.717, 1.165) is 21.4 Å². The Kier molecular flexibility index (Phi) is 5.89. The van der Waals surface area contributed by atoms with Crippen molar-refractivity contribution in [3.8, 4) is 11.3 Å². The number of aromatic nitrogens is 1. The van der Waals surface area contributed by atoms with Crippen molar-refractivity contribution in [3.63, 3.8) is 0 Å². The number of nitrogens with one attached hydrogen (secondary N) is 1. The number of anilines is 1. The van der Waals surface area contributed by atoms with Crippen molar-refractivity contribution in [2.24, 2.45) is 0 Å². The number of hydrogen-bond donors (Lipinski definition) is 1. The molecule has 1 N–H and O–H groups in total. The molecule has 4 aromatic rings. The maximum Gasteiger partial charge on any atom is 0.270 e. The highest BCUT2D eigenvalue weighted by Gasteiger charge is 2.42. The minimum absolute atomic E-state index is 0.0116. The summed E-state index contributed by atoms with van der Waals surface area (Å²) in [7, 11) is 0. The summed E-state index contributed by atoms with van der Waals surface area (Å²) in [5.74, 6) is 1.22. The van der Waals surface area contributed by atoms with E-state index in [0.29, 0.717) is 22.2 Å². The predicted octanol–water partition coefficient (Wildman–Crippen LogP) is 6.50. The Morgan fingerprint density at radius 2 is 1.97 bits per heavy atom. The van der Waals surface area contributed by atoms with E-state index in [1.807, 2.05) is 54.3 Å². The van der Waals surface area contributed by atoms with Gasteiger partial charge in [0.15, 0.2) is 5.11 Å². The molecule has 0 bridgehead atoms. The fourth-order valence-electron chi connectivity index (χ4n) is 4.14. The number of rotatable bonds is 5. The Morgan fingerprint density at radius 1 is 1.12 bits per heavy atom. The first-order valence-corrected chi connectivity index (χ1v) is 11.7. The van der Waals surface area contributed by atoms with Crippen LogP contribution in [0.3, 0.4) is 0 Å². The molecule has 1 saturated heterocycles. The summed E-state index contributed by atoms with van der Waals surface area (Å²) >= 11 is 9.32. The lowest BCUT2D eigenvalue weighted by molar-refractivity contribution is -0.384. The molecule has 2 atom stereocenters. The summed E-state index contributed by atoms with van der Waals surface area (Å²) in [6, 6.07) is 21.4. The van der Waals surface area contributed by atoms with Gasteiger partial charge in [0.1, 0.15) is 17.6 Å². The molecule has 34 heavy (non-hydrogen) atoms. The Balaban J connectivity index is 1.60. The molecule has 7 nitrogen and oxygen atoms in total. The number of nitrogens with zero attached hydrogens (tertiary/aromatic N) is 3. The fraction of sp³-hybridized carbons (Fsp3) is 0.120. The summed E-state index contributed by atoms with van der Waals surface area (Å²) < 4.78 is 7.31. The van der Waals surface area contributed by atoms with Crippen LogP contribution in [0.4, 0.5) is 11.4 Å². The number of aryl methyl sites for hydroxylation is 1. The number of nitro benzene ring substituents is 1. The second-order valence-electron chi connectivity index (χ2n) is 7.94. The molecule has 0 radical (unpaired) electrons. The van der Waals surface area contributed by atoms with Gasteiger partial charge in [-0.15, -0.1) is 0 Å². The molecule has 1 fully saturated rings. The second-order valence-corrected chi connectivity index (χ2v) is 9.18. The van der Waals surface area contributed by atoms with Crippen LogP contribution in [0.1, 0.15) is 29.1 Å². The van der Waals surface area contributed by atoms with E-state index in [1.165, 1.54) is 12.1 Å². The quantitative estimate of drug-likeness (QED) is 0.178. The van der Waals surface area contributed by atoms with Crippen molar-refractivity contribution in [2.45, 2.75) is 19.0 Å². The van der Waals surface area contributed by atoms with Gasteiger partial charge in [-0.1, -0.05) is 34.1 Å². The molecule has 3 heterocycles. The van der Waals surface area contributed by atoms with E-state index in [1.54, 1.807) is 18.3 Å². The fourth-order valence-corrected chi connectivity index (χ4v) is 4.73. The molecule has 0 amide bonds. The monoisotopic (exact) mass is 534 g/mol. The Bertz CT molecular complexity index is 1390.